The number of halogens is 1. The molecule has 0 bridgehead atoms. The number of nitrogens with one attached hydrogen (secondary N) is 1. The first kappa shape index (κ1) is 21.6. The van der Waals surface area contributed by atoms with Gasteiger partial charge in [-0.05, 0) is 31.7 Å². The SMILES string of the molecule is CCC(C)NC(=NCc1ccc([N+](=O)[O-])cc1)N1CCC(O)CC1.I. The first-order chi connectivity index (χ1) is 11.5. The molecule has 1 aliphatic heterocycles. The van der Waals surface area contributed by atoms with Crippen LogP contribution in [0, 0.1) is 10.1 Å². The molecule has 2 N–H and O–H groups in total. The van der Waals surface area contributed by atoms with E-state index in [1.807, 2.05) is 0 Å². The smallest absolute Gasteiger partial charge is 0.269 e. The minimum Gasteiger partial charge on any atom is -0.393 e. The quantitative estimate of drug-likeness (QED) is 0.231. The Kier molecular flexibility index (Phi) is 9.12. The zero-order chi connectivity index (χ0) is 17.5. The van der Waals surface area contributed by atoms with Gasteiger partial charge in [-0.1, -0.05) is 19.1 Å². The van der Waals surface area contributed by atoms with E-state index in [0.29, 0.717) is 12.6 Å². The molecule has 1 saturated heterocycles. The molecule has 1 heterocycles. The summed E-state index contributed by atoms with van der Waals surface area (Å²) in [4.78, 5) is 17.2. The predicted octanol–water partition coefficient (Wildman–Crippen LogP) is 2.91. The Morgan fingerprint density at radius 3 is 2.52 bits per heavy atom. The second-order valence-corrected chi connectivity index (χ2v) is 6.24. The monoisotopic (exact) mass is 462 g/mol. The van der Waals surface area contributed by atoms with Crippen LogP contribution in [0.5, 0.6) is 0 Å². The molecule has 0 radical (unpaired) electrons. The molecule has 1 aromatic carbocycles. The molecule has 0 aliphatic carbocycles. The summed E-state index contributed by atoms with van der Waals surface area (Å²) < 4.78 is 0. The van der Waals surface area contributed by atoms with Crippen molar-refractivity contribution in [1.29, 1.82) is 0 Å². The number of benzene rings is 1. The van der Waals surface area contributed by atoms with Crippen molar-refractivity contribution in [3.63, 3.8) is 0 Å². The number of nitro benzene ring substituents is 1. The predicted molar refractivity (Wildman–Crippen MR) is 109 cm³/mol. The molecule has 2 rings (SSSR count). The summed E-state index contributed by atoms with van der Waals surface area (Å²) in [5, 5.41) is 23.8. The number of likely N-dealkylation sites (tertiary alicyclic amines) is 1. The van der Waals surface area contributed by atoms with E-state index in [1.165, 1.54) is 12.1 Å². The van der Waals surface area contributed by atoms with Gasteiger partial charge in [0.05, 0.1) is 17.6 Å². The molecule has 0 saturated carbocycles. The highest BCUT2D eigenvalue weighted by Crippen LogP contribution is 2.14. The van der Waals surface area contributed by atoms with E-state index in [1.54, 1.807) is 12.1 Å². The van der Waals surface area contributed by atoms with Crippen LogP contribution < -0.4 is 5.32 Å². The topological polar surface area (TPSA) is 91.0 Å². The molecule has 1 unspecified atom stereocenters. The fourth-order valence-electron chi connectivity index (χ4n) is 2.53. The number of nitro groups is 1. The zero-order valence-corrected chi connectivity index (χ0v) is 17.1. The average molecular weight is 462 g/mol. The number of hydrogen-bond donors (Lipinski definition) is 2. The van der Waals surface area contributed by atoms with Crippen LogP contribution in [-0.4, -0.2) is 46.1 Å². The molecule has 25 heavy (non-hydrogen) atoms. The summed E-state index contributed by atoms with van der Waals surface area (Å²) >= 11 is 0. The number of piperidine rings is 1. The maximum Gasteiger partial charge on any atom is 0.269 e. The second-order valence-electron chi connectivity index (χ2n) is 6.24. The molecule has 1 fully saturated rings. The molecular formula is C17H27IN4O3. The largest absolute Gasteiger partial charge is 0.393 e. The molecule has 1 atom stereocenters. The van der Waals surface area contributed by atoms with Crippen molar-refractivity contribution in [1.82, 2.24) is 10.2 Å². The first-order valence-corrected chi connectivity index (χ1v) is 8.47. The average Bonchev–Trinajstić information content (AvgIpc) is 2.59. The van der Waals surface area contributed by atoms with Gasteiger partial charge in [0.15, 0.2) is 5.96 Å². The Morgan fingerprint density at radius 1 is 1.40 bits per heavy atom. The van der Waals surface area contributed by atoms with Gasteiger partial charge in [-0.25, -0.2) is 4.99 Å². The fourth-order valence-corrected chi connectivity index (χ4v) is 2.53. The minimum absolute atomic E-state index is 0. The lowest BCUT2D eigenvalue weighted by Gasteiger charge is -2.33. The van der Waals surface area contributed by atoms with Gasteiger partial charge in [0, 0.05) is 31.3 Å². The van der Waals surface area contributed by atoms with Crippen molar-refractivity contribution >= 4 is 35.6 Å². The molecule has 1 aliphatic rings. The number of guanidine groups is 1. The lowest BCUT2D eigenvalue weighted by Crippen LogP contribution is -2.49. The van der Waals surface area contributed by atoms with Gasteiger partial charge >= 0.3 is 0 Å². The first-order valence-electron chi connectivity index (χ1n) is 8.47. The van der Waals surface area contributed by atoms with Crippen LogP contribution >= 0.6 is 24.0 Å². The van der Waals surface area contributed by atoms with Crippen molar-refractivity contribution < 1.29 is 10.0 Å². The van der Waals surface area contributed by atoms with E-state index in [4.69, 9.17) is 0 Å². The van der Waals surface area contributed by atoms with Gasteiger partial charge in [0.2, 0.25) is 0 Å². The van der Waals surface area contributed by atoms with E-state index in [-0.39, 0.29) is 35.8 Å². The zero-order valence-electron chi connectivity index (χ0n) is 14.7. The van der Waals surface area contributed by atoms with Crippen LogP contribution in [0.4, 0.5) is 5.69 Å². The van der Waals surface area contributed by atoms with E-state index < -0.39 is 4.92 Å². The summed E-state index contributed by atoms with van der Waals surface area (Å²) in [7, 11) is 0. The van der Waals surface area contributed by atoms with Crippen LogP contribution in [0.15, 0.2) is 29.3 Å². The number of rotatable bonds is 5. The summed E-state index contributed by atoms with van der Waals surface area (Å²) in [6.45, 7) is 6.26. The summed E-state index contributed by atoms with van der Waals surface area (Å²) in [5.41, 5.74) is 1.02. The van der Waals surface area contributed by atoms with Crippen molar-refractivity contribution in [3.05, 3.63) is 39.9 Å². The standard InChI is InChI=1S/C17H26N4O3.HI/c1-3-13(2)19-17(20-10-8-16(22)9-11-20)18-12-14-4-6-15(7-5-14)21(23)24;/h4-7,13,16,22H,3,8-12H2,1-2H3,(H,18,19);1H. The van der Waals surface area contributed by atoms with Gasteiger partial charge in [-0.3, -0.25) is 10.1 Å². The number of non-ortho nitro benzene ring substituents is 1. The third kappa shape index (κ3) is 6.77. The number of aliphatic hydroxyl groups excluding tert-OH is 1. The summed E-state index contributed by atoms with van der Waals surface area (Å²) in [6.07, 6.45) is 2.27. The van der Waals surface area contributed by atoms with Crippen LogP contribution in [0.2, 0.25) is 0 Å². The number of aliphatic imine (C=N–C) groups is 1. The van der Waals surface area contributed by atoms with Gasteiger partial charge in [-0.15, -0.1) is 24.0 Å². The number of nitrogens with zero attached hydrogens (tertiary/aromatic N) is 3. The van der Waals surface area contributed by atoms with Gasteiger partial charge < -0.3 is 15.3 Å². The van der Waals surface area contributed by atoms with E-state index in [2.05, 4.69) is 29.1 Å². The maximum atomic E-state index is 10.7. The molecule has 7 nitrogen and oxygen atoms in total. The number of hydrogen-bond acceptors (Lipinski definition) is 4. The Balaban J connectivity index is 0.00000312. The van der Waals surface area contributed by atoms with Gasteiger partial charge in [0.1, 0.15) is 0 Å². The highest BCUT2D eigenvalue weighted by atomic mass is 127. The molecule has 0 spiro atoms. The fraction of sp³-hybridized carbons (Fsp3) is 0.588. The van der Waals surface area contributed by atoms with Gasteiger partial charge in [0.25, 0.3) is 5.69 Å². The number of aliphatic hydroxyl groups is 1. The third-order valence-electron chi connectivity index (χ3n) is 4.31. The van der Waals surface area contributed by atoms with Crippen molar-refractivity contribution in [2.75, 3.05) is 13.1 Å². The van der Waals surface area contributed by atoms with Gasteiger partial charge in [-0.2, -0.15) is 0 Å². The summed E-state index contributed by atoms with van der Waals surface area (Å²) in [6, 6.07) is 6.80. The van der Waals surface area contributed by atoms with Crippen LogP contribution in [-0.2, 0) is 6.54 Å². The van der Waals surface area contributed by atoms with Crippen molar-refractivity contribution in [2.24, 2.45) is 4.99 Å². The molecular weight excluding hydrogens is 435 g/mol. The molecule has 8 heteroatoms. The molecule has 140 valence electrons. The Bertz CT molecular complexity index is 572. The second kappa shape index (κ2) is 10.5. The van der Waals surface area contributed by atoms with E-state index in [0.717, 1.165) is 43.9 Å². The molecule has 0 amide bonds. The Hall–Kier alpha value is -1.42. The lowest BCUT2D eigenvalue weighted by molar-refractivity contribution is -0.384. The summed E-state index contributed by atoms with van der Waals surface area (Å²) in [5.74, 6) is 0.842. The van der Waals surface area contributed by atoms with Crippen LogP contribution in [0.25, 0.3) is 0 Å². The van der Waals surface area contributed by atoms with Crippen LogP contribution in [0.1, 0.15) is 38.7 Å². The molecule has 1 aromatic rings. The van der Waals surface area contributed by atoms with Crippen molar-refractivity contribution in [2.45, 2.75) is 51.8 Å². The lowest BCUT2D eigenvalue weighted by atomic mass is 10.1. The minimum atomic E-state index is -0.401. The normalized spacial score (nSPS) is 16.9. The van der Waals surface area contributed by atoms with Crippen molar-refractivity contribution in [3.8, 4) is 0 Å². The maximum absolute atomic E-state index is 10.7. The van der Waals surface area contributed by atoms with Crippen LogP contribution in [0.3, 0.4) is 0 Å². The third-order valence-corrected chi connectivity index (χ3v) is 4.31. The Morgan fingerprint density at radius 2 is 2.00 bits per heavy atom. The Labute approximate surface area is 165 Å². The highest BCUT2D eigenvalue weighted by Gasteiger charge is 2.20. The van der Waals surface area contributed by atoms with E-state index in [9.17, 15) is 15.2 Å². The molecule has 0 aromatic heterocycles. The van der Waals surface area contributed by atoms with E-state index >= 15 is 0 Å². The highest BCUT2D eigenvalue weighted by molar-refractivity contribution is 14.0.